The molecule has 0 aliphatic carbocycles. The number of hydrogen-bond acceptors (Lipinski definition) is 5. The zero-order valence-corrected chi connectivity index (χ0v) is 13.4. The molecule has 2 aliphatic rings. The summed E-state index contributed by atoms with van der Waals surface area (Å²) in [6, 6.07) is 9.80. The molecule has 2 N–H and O–H groups in total. The van der Waals surface area contributed by atoms with Crippen LogP contribution in [0.15, 0.2) is 65.9 Å². The van der Waals surface area contributed by atoms with E-state index in [0.717, 1.165) is 11.3 Å². The second kappa shape index (κ2) is 6.79. The maximum Gasteiger partial charge on any atom is 0.233 e. The number of hydrogen-bond donors (Lipinski definition) is 2. The fraction of sp³-hybridized carbons (Fsp3) is 0.333. The van der Waals surface area contributed by atoms with Crippen molar-refractivity contribution in [2.75, 3.05) is 25.2 Å². The number of nitrogens with one attached hydrogen (secondary N) is 1. The van der Waals surface area contributed by atoms with Gasteiger partial charge in [0.15, 0.2) is 5.76 Å². The van der Waals surface area contributed by atoms with Crippen molar-refractivity contribution in [3.63, 3.8) is 0 Å². The van der Waals surface area contributed by atoms with Gasteiger partial charge < -0.3 is 19.9 Å². The summed E-state index contributed by atoms with van der Waals surface area (Å²) in [5.41, 5.74) is 2.06. The Balaban J connectivity index is 2.00. The first-order valence-electron chi connectivity index (χ1n) is 7.76. The molecule has 2 heterocycles. The number of fused-ring (bicyclic) bond motifs is 1. The van der Waals surface area contributed by atoms with E-state index in [1.165, 1.54) is 0 Å². The van der Waals surface area contributed by atoms with Crippen LogP contribution < -0.4 is 10.2 Å². The quantitative estimate of drug-likeness (QED) is 0.819. The topological polar surface area (TPSA) is 54.0 Å². The third-order valence-electron chi connectivity index (χ3n) is 4.13. The lowest BCUT2D eigenvalue weighted by molar-refractivity contribution is 0.0880. The summed E-state index contributed by atoms with van der Waals surface area (Å²) >= 11 is 0. The molecule has 3 rings (SSSR count). The van der Waals surface area contributed by atoms with Crippen molar-refractivity contribution >= 4 is 5.69 Å². The van der Waals surface area contributed by atoms with Crippen molar-refractivity contribution < 1.29 is 14.6 Å². The monoisotopic (exact) mass is 314 g/mol. The molecule has 1 aromatic rings. The molecule has 5 heteroatoms. The lowest BCUT2D eigenvalue weighted by atomic mass is 9.90. The molecule has 0 spiro atoms. The fourth-order valence-electron chi connectivity index (χ4n) is 2.97. The van der Waals surface area contributed by atoms with Crippen LogP contribution in [0.25, 0.3) is 0 Å². The summed E-state index contributed by atoms with van der Waals surface area (Å²) in [5, 5.41) is 14.2. The highest BCUT2D eigenvalue weighted by molar-refractivity contribution is 5.57. The van der Waals surface area contributed by atoms with Crippen molar-refractivity contribution in [3.8, 4) is 0 Å². The number of aliphatic hydroxyl groups excluding tert-OH is 1. The maximum absolute atomic E-state index is 10.8. The number of nitrogens with zero attached hydrogens (tertiary/aromatic N) is 1. The van der Waals surface area contributed by atoms with Gasteiger partial charge in [0.25, 0.3) is 0 Å². The van der Waals surface area contributed by atoms with Gasteiger partial charge in [-0.1, -0.05) is 31.2 Å². The highest BCUT2D eigenvalue weighted by Crippen LogP contribution is 2.38. The Kier molecular flexibility index (Phi) is 4.57. The largest absolute Gasteiger partial charge is 0.492 e. The van der Waals surface area contributed by atoms with E-state index >= 15 is 0 Å². The van der Waals surface area contributed by atoms with Crippen LogP contribution in [0.1, 0.15) is 6.92 Å². The number of dihydropyridines is 1. The van der Waals surface area contributed by atoms with E-state index in [0.29, 0.717) is 19.0 Å². The van der Waals surface area contributed by atoms with Crippen LogP contribution in [-0.4, -0.2) is 31.6 Å². The summed E-state index contributed by atoms with van der Waals surface area (Å²) in [5.74, 6) is 0.713. The highest BCUT2D eigenvalue weighted by atomic mass is 16.5. The predicted octanol–water partition coefficient (Wildman–Crippen LogP) is 2.90. The van der Waals surface area contributed by atoms with Crippen molar-refractivity contribution in [2.45, 2.75) is 13.1 Å². The first kappa shape index (κ1) is 15.5. The molecule has 122 valence electrons. The third kappa shape index (κ3) is 2.92. The molecular weight excluding hydrogens is 292 g/mol. The number of rotatable bonds is 5. The SMILES string of the molecule is COCCOC1=C(O)N(c2ccccc2)C2NC=CC=C2C1C. The average molecular weight is 314 g/mol. The van der Waals surface area contributed by atoms with Gasteiger partial charge in [-0.25, -0.2) is 0 Å². The van der Waals surface area contributed by atoms with Gasteiger partial charge in [-0.3, -0.25) is 4.90 Å². The van der Waals surface area contributed by atoms with E-state index in [4.69, 9.17) is 9.47 Å². The molecule has 1 aromatic carbocycles. The van der Waals surface area contributed by atoms with Gasteiger partial charge in [0.2, 0.25) is 5.88 Å². The van der Waals surface area contributed by atoms with Crippen LogP contribution in [0.2, 0.25) is 0 Å². The van der Waals surface area contributed by atoms with Crippen molar-refractivity contribution in [3.05, 3.63) is 65.9 Å². The van der Waals surface area contributed by atoms with Crippen LogP contribution in [0.4, 0.5) is 5.69 Å². The zero-order valence-electron chi connectivity index (χ0n) is 13.4. The number of benzene rings is 1. The van der Waals surface area contributed by atoms with Crippen molar-refractivity contribution in [1.29, 1.82) is 0 Å². The lowest BCUT2D eigenvalue weighted by Gasteiger charge is -2.42. The number of para-hydroxylation sites is 1. The minimum absolute atomic E-state index is 0.00531. The fourth-order valence-corrected chi connectivity index (χ4v) is 2.97. The van der Waals surface area contributed by atoms with E-state index < -0.39 is 0 Å². The van der Waals surface area contributed by atoms with Crippen LogP contribution >= 0.6 is 0 Å². The molecule has 0 fully saturated rings. The number of methoxy groups -OCH3 is 1. The summed E-state index contributed by atoms with van der Waals surface area (Å²) in [7, 11) is 1.63. The molecule has 2 atom stereocenters. The third-order valence-corrected chi connectivity index (χ3v) is 4.13. The minimum atomic E-state index is -0.118. The normalized spacial score (nSPS) is 23.2. The van der Waals surface area contributed by atoms with Gasteiger partial charge in [-0.2, -0.15) is 0 Å². The van der Waals surface area contributed by atoms with E-state index in [2.05, 4.69) is 11.4 Å². The molecule has 5 nitrogen and oxygen atoms in total. The lowest BCUT2D eigenvalue weighted by Crippen LogP contribution is -2.51. The van der Waals surface area contributed by atoms with Gasteiger partial charge >= 0.3 is 0 Å². The Bertz CT molecular complexity index is 637. The Morgan fingerprint density at radius 3 is 2.74 bits per heavy atom. The predicted molar refractivity (Wildman–Crippen MR) is 89.7 cm³/mol. The Hall–Kier alpha value is -2.40. The average Bonchev–Trinajstić information content (AvgIpc) is 2.59. The van der Waals surface area contributed by atoms with Crippen LogP contribution in [0.3, 0.4) is 0 Å². The standard InChI is InChI=1S/C18H22N2O3/c1-13-15-9-6-10-19-17(15)20(14-7-4-3-5-8-14)18(21)16(13)23-12-11-22-2/h3-10,13,17,19,21H,11-12H2,1-2H3. The molecule has 23 heavy (non-hydrogen) atoms. The molecule has 0 amide bonds. The first-order chi connectivity index (χ1) is 11.2. The van der Waals surface area contributed by atoms with Crippen LogP contribution in [-0.2, 0) is 9.47 Å². The van der Waals surface area contributed by atoms with E-state index in [1.54, 1.807) is 7.11 Å². The van der Waals surface area contributed by atoms with Gasteiger partial charge in [0.1, 0.15) is 12.8 Å². The van der Waals surface area contributed by atoms with Crippen LogP contribution in [0, 0.1) is 5.92 Å². The second-order valence-electron chi connectivity index (χ2n) is 5.55. The van der Waals surface area contributed by atoms with E-state index in [-0.39, 0.29) is 18.0 Å². The molecule has 0 bridgehead atoms. The molecule has 2 unspecified atom stereocenters. The molecule has 0 saturated heterocycles. The van der Waals surface area contributed by atoms with Gasteiger partial charge in [0.05, 0.1) is 6.61 Å². The van der Waals surface area contributed by atoms with Crippen molar-refractivity contribution in [1.82, 2.24) is 5.32 Å². The number of ether oxygens (including phenoxy) is 2. The zero-order chi connectivity index (χ0) is 16.2. The Morgan fingerprint density at radius 2 is 2.00 bits per heavy atom. The Morgan fingerprint density at radius 1 is 1.22 bits per heavy atom. The van der Waals surface area contributed by atoms with Gasteiger partial charge in [0, 0.05) is 18.7 Å². The van der Waals surface area contributed by atoms with Gasteiger partial charge in [-0.05, 0) is 30.0 Å². The summed E-state index contributed by atoms with van der Waals surface area (Å²) in [6.45, 7) is 2.93. The Labute approximate surface area is 136 Å². The smallest absolute Gasteiger partial charge is 0.233 e. The van der Waals surface area contributed by atoms with Crippen molar-refractivity contribution in [2.24, 2.45) is 5.92 Å². The molecule has 0 radical (unpaired) electrons. The minimum Gasteiger partial charge on any atom is -0.492 e. The number of allylic oxidation sites excluding steroid dienone is 3. The summed E-state index contributed by atoms with van der Waals surface area (Å²) in [6.07, 6.45) is 5.82. The first-order valence-corrected chi connectivity index (χ1v) is 7.76. The maximum atomic E-state index is 10.8. The molecule has 0 saturated carbocycles. The second-order valence-corrected chi connectivity index (χ2v) is 5.55. The molecular formula is C18H22N2O3. The molecule has 2 aliphatic heterocycles. The summed E-state index contributed by atoms with van der Waals surface area (Å²) in [4.78, 5) is 1.86. The van der Waals surface area contributed by atoms with E-state index in [1.807, 2.05) is 54.4 Å². The van der Waals surface area contributed by atoms with Crippen LogP contribution in [0.5, 0.6) is 0 Å². The molecule has 0 aromatic heterocycles. The number of anilines is 1. The highest BCUT2D eigenvalue weighted by Gasteiger charge is 2.39. The number of aliphatic hydroxyl groups is 1. The van der Waals surface area contributed by atoms with E-state index in [9.17, 15) is 5.11 Å². The summed E-state index contributed by atoms with van der Waals surface area (Å²) < 4.78 is 10.9. The van der Waals surface area contributed by atoms with Gasteiger partial charge in [-0.15, -0.1) is 0 Å².